The molecule has 0 spiro atoms. The van der Waals surface area contributed by atoms with E-state index in [0.717, 1.165) is 225 Å². The first kappa shape index (κ1) is 114. The van der Waals surface area contributed by atoms with Crippen molar-refractivity contribution in [1.82, 2.24) is 85.1 Å². The summed E-state index contributed by atoms with van der Waals surface area (Å²) in [7, 11) is 0. The van der Waals surface area contributed by atoms with Gasteiger partial charge in [0, 0.05) is 82.9 Å². The molecule has 0 aromatic rings. The van der Waals surface area contributed by atoms with Crippen LogP contribution in [0.1, 0.15) is 374 Å². The minimum absolute atomic E-state index is 0.0505. The van der Waals surface area contributed by atoms with Gasteiger partial charge in [-0.3, -0.25) is 4.79 Å². The number of nitrogens with one attached hydrogen (secondary N) is 16. The van der Waals surface area contributed by atoms with Crippen LogP contribution in [-0.4, -0.2) is 220 Å². The van der Waals surface area contributed by atoms with Gasteiger partial charge in [-0.15, -0.1) is 0 Å². The molecule has 0 aromatic carbocycles. The normalized spacial score (nSPS) is 14.5. The molecule has 4 aliphatic carbocycles. The molecule has 4 aliphatic rings. The maximum atomic E-state index is 12.9. The van der Waals surface area contributed by atoms with E-state index in [9.17, 15) is 57.5 Å². The van der Waals surface area contributed by atoms with Gasteiger partial charge in [-0.05, 0) is 109 Å². The van der Waals surface area contributed by atoms with E-state index in [0.29, 0.717) is 84.5 Å². The summed E-state index contributed by atoms with van der Waals surface area (Å²) in [6.07, 6.45) is 49.6. The highest BCUT2D eigenvalue weighted by molar-refractivity contribution is 5.78. The summed E-state index contributed by atoms with van der Waals surface area (Å²) in [5, 5.41) is 45.3. The largest absolute Gasteiger partial charge is 0.447 e. The number of carbonyl (C=O) groups excluding carboxylic acids is 12. The molecule has 35 nitrogen and oxygen atoms in total. The maximum absolute atomic E-state index is 12.9. The molecule has 4 rings (SSSR count). The molecular weight excluding hydrogens is 1650 g/mol. The third-order valence-corrected chi connectivity index (χ3v) is 23.3. The van der Waals surface area contributed by atoms with Crippen LogP contribution in [-0.2, 0) is 38.0 Å². The van der Waals surface area contributed by atoms with Crippen LogP contribution < -0.4 is 85.1 Å². The maximum Gasteiger partial charge on any atom is 0.407 e. The lowest BCUT2D eigenvalue weighted by molar-refractivity contribution is -0.121. The number of urea groups is 4. The SMILES string of the molecule is CCCCCCCCNC(=O)CCC(COC(=O)NCCCCCCCC)NC(=O)NCCCCCCNC(=O)NC(COC(=O)NCCCCCCCC)COC(=O)NCCCCCCCC.O=C(NCCCCCCNC(=O)NC(COC(=O)NC1CCCCC1)COC(=O)NC1CCCCC1)NC(COC(=O)NC1CCCCC1)COC(=O)NC1CCCCC1. The van der Waals surface area contributed by atoms with E-state index in [1.165, 1.54) is 83.5 Å². The molecule has 128 heavy (non-hydrogen) atoms. The Hall–Kier alpha value is -8.56. The lowest BCUT2D eigenvalue weighted by atomic mass is 9.96. The zero-order valence-electron chi connectivity index (χ0n) is 79.2. The number of rotatable bonds is 67. The van der Waals surface area contributed by atoms with Gasteiger partial charge in [0.2, 0.25) is 5.91 Å². The Morgan fingerprint density at radius 3 is 0.641 bits per heavy atom. The van der Waals surface area contributed by atoms with Crippen molar-refractivity contribution in [1.29, 1.82) is 0 Å². The summed E-state index contributed by atoms with van der Waals surface area (Å²) >= 11 is 0. The summed E-state index contributed by atoms with van der Waals surface area (Å²) in [5.74, 6) is -0.0927. The van der Waals surface area contributed by atoms with Gasteiger partial charge in [0.1, 0.15) is 46.2 Å². The number of ether oxygens (including phenoxy) is 7. The lowest BCUT2D eigenvalue weighted by Crippen LogP contribution is -2.49. The molecule has 16 N–H and O–H groups in total. The molecular formula is C93H174N16O19. The average Bonchev–Trinajstić information content (AvgIpc) is 0.916. The summed E-state index contributed by atoms with van der Waals surface area (Å²) in [6.45, 7) is 11.5. The van der Waals surface area contributed by atoms with E-state index in [1.54, 1.807) is 0 Å². The van der Waals surface area contributed by atoms with Gasteiger partial charge >= 0.3 is 66.8 Å². The van der Waals surface area contributed by atoms with Gasteiger partial charge in [0.25, 0.3) is 0 Å². The third-order valence-electron chi connectivity index (χ3n) is 23.3. The van der Waals surface area contributed by atoms with Gasteiger partial charge in [-0.25, -0.2) is 52.7 Å². The fraction of sp³-hybridized carbons (Fsp3) is 0.871. The predicted octanol–water partition coefficient (Wildman–Crippen LogP) is 16.5. The molecule has 1 atom stereocenters. The van der Waals surface area contributed by atoms with Crippen LogP contribution in [0.25, 0.3) is 0 Å². The Kier molecular flexibility index (Phi) is 70.5. The minimum atomic E-state index is -0.753. The number of hydrogen-bond acceptors (Lipinski definition) is 19. The highest BCUT2D eigenvalue weighted by atomic mass is 16.6. The first-order valence-corrected chi connectivity index (χ1v) is 50.3. The lowest BCUT2D eigenvalue weighted by Gasteiger charge is -2.25. The molecule has 35 heteroatoms. The molecule has 0 heterocycles. The number of alkyl carbamates (subject to hydrolysis) is 7. The van der Waals surface area contributed by atoms with Crippen molar-refractivity contribution >= 4 is 72.7 Å². The molecule has 0 aromatic heterocycles. The Balaban J connectivity index is 0.000000664. The van der Waals surface area contributed by atoms with Crippen LogP contribution in [0.3, 0.4) is 0 Å². The molecule has 16 amide bonds. The predicted molar refractivity (Wildman–Crippen MR) is 497 cm³/mol. The quantitative estimate of drug-likeness (QED) is 0.0199. The van der Waals surface area contributed by atoms with Crippen LogP contribution in [0.4, 0.5) is 52.7 Å². The van der Waals surface area contributed by atoms with Gasteiger partial charge in [-0.1, -0.05) is 259 Å². The van der Waals surface area contributed by atoms with Gasteiger partial charge < -0.3 is 118 Å². The van der Waals surface area contributed by atoms with Crippen LogP contribution in [0.2, 0.25) is 0 Å². The highest BCUT2D eigenvalue weighted by Gasteiger charge is 2.27. The first-order chi connectivity index (χ1) is 62.4. The highest BCUT2D eigenvalue weighted by Crippen LogP contribution is 2.22. The average molecular weight is 1820 g/mol. The Morgan fingerprint density at radius 2 is 0.406 bits per heavy atom. The Morgan fingerprint density at radius 1 is 0.219 bits per heavy atom. The summed E-state index contributed by atoms with van der Waals surface area (Å²) in [4.78, 5) is 151. The monoisotopic (exact) mass is 1820 g/mol. The molecule has 0 radical (unpaired) electrons. The zero-order chi connectivity index (χ0) is 92.6. The fourth-order valence-corrected chi connectivity index (χ4v) is 15.6. The smallest absolute Gasteiger partial charge is 0.407 e. The van der Waals surface area contributed by atoms with Crippen molar-refractivity contribution in [3.8, 4) is 0 Å². The molecule has 1 unspecified atom stereocenters. The number of unbranched alkanes of at least 4 members (excludes halogenated alkanes) is 26. The molecule has 0 aliphatic heterocycles. The second-order valence-electron chi connectivity index (χ2n) is 35.1. The van der Waals surface area contributed by atoms with Gasteiger partial charge in [0.15, 0.2) is 0 Å². The van der Waals surface area contributed by atoms with Crippen molar-refractivity contribution in [3.05, 3.63) is 0 Å². The van der Waals surface area contributed by atoms with E-state index < -0.39 is 90.9 Å². The van der Waals surface area contributed by atoms with E-state index in [1.807, 2.05) is 0 Å². The Bertz CT molecular complexity index is 2580. The second-order valence-corrected chi connectivity index (χ2v) is 35.1. The van der Waals surface area contributed by atoms with E-state index in [2.05, 4.69) is 113 Å². The van der Waals surface area contributed by atoms with Crippen molar-refractivity contribution in [3.63, 3.8) is 0 Å². The van der Waals surface area contributed by atoms with Crippen LogP contribution in [0.15, 0.2) is 0 Å². The fourth-order valence-electron chi connectivity index (χ4n) is 15.6. The van der Waals surface area contributed by atoms with Crippen LogP contribution in [0, 0.1) is 0 Å². The first-order valence-electron chi connectivity index (χ1n) is 50.3. The number of amides is 16. The van der Waals surface area contributed by atoms with Crippen molar-refractivity contribution in [2.24, 2.45) is 0 Å². The molecule has 0 saturated heterocycles. The zero-order valence-corrected chi connectivity index (χ0v) is 79.2. The van der Waals surface area contributed by atoms with Gasteiger partial charge in [0.05, 0.1) is 24.2 Å². The number of hydrogen-bond donors (Lipinski definition) is 16. The summed E-state index contributed by atoms with van der Waals surface area (Å²) in [5.41, 5.74) is 0. The van der Waals surface area contributed by atoms with Crippen molar-refractivity contribution < 1.29 is 90.7 Å². The van der Waals surface area contributed by atoms with Crippen LogP contribution >= 0.6 is 0 Å². The molecule has 740 valence electrons. The van der Waals surface area contributed by atoms with Crippen LogP contribution in [0.5, 0.6) is 0 Å². The molecule has 4 fully saturated rings. The molecule has 4 saturated carbocycles. The van der Waals surface area contributed by atoms with E-state index in [-0.39, 0.29) is 82.7 Å². The Labute approximate surface area is 766 Å². The summed E-state index contributed by atoms with van der Waals surface area (Å²) < 4.78 is 37.9. The summed E-state index contributed by atoms with van der Waals surface area (Å²) in [6, 6.07) is -4.28. The van der Waals surface area contributed by atoms with E-state index in [4.69, 9.17) is 33.2 Å². The van der Waals surface area contributed by atoms with E-state index >= 15 is 0 Å². The number of carbonyl (C=O) groups is 12. The topological polar surface area (TPSA) is 462 Å². The van der Waals surface area contributed by atoms with Crippen molar-refractivity contribution in [2.75, 3.05) is 98.6 Å². The molecule has 0 bridgehead atoms. The minimum Gasteiger partial charge on any atom is -0.447 e. The second kappa shape index (κ2) is 79.4. The van der Waals surface area contributed by atoms with Crippen molar-refractivity contribution in [2.45, 2.75) is 423 Å². The van der Waals surface area contributed by atoms with Gasteiger partial charge in [-0.2, -0.15) is 0 Å². The standard InChI is InChI=1S/C51H100N8O9.C42H74N8O10/c1-5-9-13-17-21-27-35-52-46(60)34-33-44(41-66-49(63)55-38-30-22-18-14-10-6-2)58-47(61)53-36-28-25-26-29-37-54-48(62)59-45(42-67-50(64)56-39-31-23-19-15-11-7-3)43-68-51(65)57-40-32-24-20-16-12-8-4;51-37(45-35(27-57-39(53)47-31-17-7-3-8-18-31)28-58-40(54)48-32-19-9-4-10-20-32)43-25-15-1-2-16-26-44-38(52)46-36(29-59-41(55)49-33-21-11-5-12-22-33)30-60-42(56)50-34-23-13-6-14-24-34/h44-45H,5-43H2,1-4H3,(H,52,60)(H,55,63)(H,56,64)(H,57,65)(H2,53,58,61)(H2,54,59,62);31-36H,1-30H2,(H,47,53)(H,48,54)(H,49,55)(H,50,56)(H2,43,45,51)(H2,44,46,52). The third kappa shape index (κ3) is 67.6.